The number of nitrogens with zero attached hydrogens (tertiary/aromatic N) is 2. The van der Waals surface area contributed by atoms with E-state index in [0.29, 0.717) is 5.39 Å². The Bertz CT molecular complexity index is 560. The molecule has 76 valence electrons. The van der Waals surface area contributed by atoms with Crippen LogP contribution in [0, 0.1) is 10.1 Å². The average Bonchev–Trinajstić information content (AvgIpc) is 2.59. The fraction of sp³-hybridized carbons (Fsp3) is 0. The predicted molar refractivity (Wildman–Crippen MR) is 49.7 cm³/mol. The summed E-state index contributed by atoms with van der Waals surface area (Å²) < 4.78 is 0. The minimum Gasteiger partial charge on any atom is -0.477 e. The number of nitro groups is 1. The number of nitrogens with one attached hydrogen (secondary N) is 1. The summed E-state index contributed by atoms with van der Waals surface area (Å²) in [5.41, 5.74) is 0.0763. The SMILES string of the molecule is O=C(O)c1[nH]nc2cc([N+](=O)[O-])ccc12. The topological polar surface area (TPSA) is 109 Å². The Morgan fingerprint density at radius 3 is 2.87 bits per heavy atom. The molecule has 1 aromatic heterocycles. The van der Waals surface area contributed by atoms with E-state index in [1.54, 1.807) is 0 Å². The number of H-pyrrole nitrogens is 1. The molecule has 2 aromatic rings. The lowest BCUT2D eigenvalue weighted by molar-refractivity contribution is -0.384. The molecule has 1 heterocycles. The molecule has 0 saturated heterocycles. The summed E-state index contributed by atoms with van der Waals surface area (Å²) in [7, 11) is 0. The van der Waals surface area contributed by atoms with Crippen molar-refractivity contribution in [2.24, 2.45) is 0 Å². The van der Waals surface area contributed by atoms with E-state index in [1.807, 2.05) is 0 Å². The highest BCUT2D eigenvalue weighted by molar-refractivity contribution is 6.01. The van der Waals surface area contributed by atoms with Crippen LogP contribution < -0.4 is 0 Å². The van der Waals surface area contributed by atoms with E-state index in [2.05, 4.69) is 10.2 Å². The van der Waals surface area contributed by atoms with Crippen LogP contribution in [0.4, 0.5) is 5.69 Å². The van der Waals surface area contributed by atoms with Crippen LogP contribution in [0.5, 0.6) is 0 Å². The van der Waals surface area contributed by atoms with E-state index in [9.17, 15) is 14.9 Å². The number of rotatable bonds is 2. The number of non-ortho nitro benzene ring substituents is 1. The zero-order valence-corrected chi connectivity index (χ0v) is 7.30. The Morgan fingerprint density at radius 1 is 1.53 bits per heavy atom. The Labute approximate surface area is 82.5 Å². The molecule has 0 saturated carbocycles. The lowest BCUT2D eigenvalue weighted by Crippen LogP contribution is -1.96. The number of hydrogen-bond acceptors (Lipinski definition) is 4. The number of nitro benzene ring substituents is 1. The maximum Gasteiger partial charge on any atom is 0.354 e. The van der Waals surface area contributed by atoms with Crippen molar-refractivity contribution in [1.29, 1.82) is 0 Å². The van der Waals surface area contributed by atoms with Crippen molar-refractivity contribution in [3.8, 4) is 0 Å². The molecule has 2 N–H and O–H groups in total. The summed E-state index contributed by atoms with van der Waals surface area (Å²) in [4.78, 5) is 20.6. The van der Waals surface area contributed by atoms with Crippen molar-refractivity contribution in [2.75, 3.05) is 0 Å². The molecule has 1 aromatic carbocycles. The monoisotopic (exact) mass is 207 g/mol. The first kappa shape index (κ1) is 9.13. The molecule has 0 aliphatic heterocycles. The van der Waals surface area contributed by atoms with Gasteiger partial charge in [-0.3, -0.25) is 15.2 Å². The maximum atomic E-state index is 10.7. The second-order valence-electron chi connectivity index (χ2n) is 2.86. The van der Waals surface area contributed by atoms with Gasteiger partial charge in [-0.1, -0.05) is 0 Å². The van der Waals surface area contributed by atoms with Crippen LogP contribution in [0.2, 0.25) is 0 Å². The van der Waals surface area contributed by atoms with Crippen LogP contribution in [0.1, 0.15) is 10.5 Å². The Balaban J connectivity index is 2.66. The molecule has 7 heteroatoms. The molecule has 2 rings (SSSR count). The van der Waals surface area contributed by atoms with Crippen LogP contribution in [0.15, 0.2) is 18.2 Å². The van der Waals surface area contributed by atoms with Gasteiger partial charge in [-0.05, 0) is 6.07 Å². The third-order valence-corrected chi connectivity index (χ3v) is 1.96. The summed E-state index contributed by atoms with van der Waals surface area (Å²) in [5, 5.41) is 25.5. The highest BCUT2D eigenvalue weighted by Crippen LogP contribution is 2.21. The standard InChI is InChI=1S/C8H5N3O4/c12-8(13)7-5-2-1-4(11(14)15)3-6(5)9-10-7/h1-3H,(H,9,10)(H,12,13). The van der Waals surface area contributed by atoms with Crippen molar-refractivity contribution in [3.63, 3.8) is 0 Å². The van der Waals surface area contributed by atoms with E-state index in [4.69, 9.17) is 5.11 Å². The fourth-order valence-electron chi connectivity index (χ4n) is 1.28. The lowest BCUT2D eigenvalue weighted by Gasteiger charge is -1.91. The number of aromatic carboxylic acids is 1. The van der Waals surface area contributed by atoms with Crippen LogP contribution in [-0.4, -0.2) is 26.2 Å². The van der Waals surface area contributed by atoms with Gasteiger partial charge < -0.3 is 5.11 Å². The van der Waals surface area contributed by atoms with Crippen molar-refractivity contribution in [1.82, 2.24) is 10.2 Å². The van der Waals surface area contributed by atoms with E-state index < -0.39 is 10.9 Å². The number of fused-ring (bicyclic) bond motifs is 1. The molecule has 0 unspecified atom stereocenters. The van der Waals surface area contributed by atoms with Crippen LogP contribution in [0.3, 0.4) is 0 Å². The second-order valence-corrected chi connectivity index (χ2v) is 2.86. The number of carboxylic acid groups (broad SMARTS) is 1. The quantitative estimate of drug-likeness (QED) is 0.567. The Hall–Kier alpha value is -2.44. The zero-order chi connectivity index (χ0) is 11.0. The van der Waals surface area contributed by atoms with Gasteiger partial charge in [0.1, 0.15) is 0 Å². The van der Waals surface area contributed by atoms with Crippen molar-refractivity contribution in [3.05, 3.63) is 34.0 Å². The average molecular weight is 207 g/mol. The molecule has 0 spiro atoms. The number of carboxylic acids is 1. The van der Waals surface area contributed by atoms with Gasteiger partial charge in [0.05, 0.1) is 10.4 Å². The first-order chi connectivity index (χ1) is 7.09. The van der Waals surface area contributed by atoms with Crippen molar-refractivity contribution >= 4 is 22.6 Å². The van der Waals surface area contributed by atoms with Gasteiger partial charge in [0.25, 0.3) is 5.69 Å². The first-order valence-electron chi connectivity index (χ1n) is 3.95. The molecule has 7 nitrogen and oxygen atoms in total. The number of benzene rings is 1. The number of hydrogen-bond donors (Lipinski definition) is 2. The van der Waals surface area contributed by atoms with Gasteiger partial charge in [-0.2, -0.15) is 5.10 Å². The summed E-state index contributed by atoms with van der Waals surface area (Å²) in [6, 6.07) is 3.82. The van der Waals surface area contributed by atoms with E-state index in [1.165, 1.54) is 18.2 Å². The summed E-state index contributed by atoms with van der Waals surface area (Å²) in [6.45, 7) is 0. The zero-order valence-electron chi connectivity index (χ0n) is 7.30. The van der Waals surface area contributed by atoms with Gasteiger partial charge in [0.15, 0.2) is 5.69 Å². The van der Waals surface area contributed by atoms with Gasteiger partial charge in [-0.25, -0.2) is 4.79 Å². The molecule has 0 radical (unpaired) electrons. The third-order valence-electron chi connectivity index (χ3n) is 1.96. The molecule has 0 amide bonds. The van der Waals surface area contributed by atoms with E-state index >= 15 is 0 Å². The summed E-state index contributed by atoms with van der Waals surface area (Å²) in [5.74, 6) is -1.15. The van der Waals surface area contributed by atoms with Crippen molar-refractivity contribution in [2.45, 2.75) is 0 Å². The molecule has 15 heavy (non-hydrogen) atoms. The first-order valence-corrected chi connectivity index (χ1v) is 3.95. The molecule has 0 atom stereocenters. The second kappa shape index (κ2) is 3.05. The van der Waals surface area contributed by atoms with Crippen molar-refractivity contribution < 1.29 is 14.8 Å². The smallest absolute Gasteiger partial charge is 0.354 e. The number of aromatic nitrogens is 2. The largest absolute Gasteiger partial charge is 0.477 e. The molecule has 0 aliphatic rings. The molecule has 0 bridgehead atoms. The summed E-state index contributed by atoms with van der Waals surface area (Å²) in [6.07, 6.45) is 0. The molecular weight excluding hydrogens is 202 g/mol. The van der Waals surface area contributed by atoms with Gasteiger partial charge >= 0.3 is 5.97 Å². The number of carbonyl (C=O) groups is 1. The van der Waals surface area contributed by atoms with Gasteiger partial charge in [-0.15, -0.1) is 0 Å². The van der Waals surface area contributed by atoms with Crippen LogP contribution >= 0.6 is 0 Å². The highest BCUT2D eigenvalue weighted by atomic mass is 16.6. The van der Waals surface area contributed by atoms with E-state index in [-0.39, 0.29) is 16.9 Å². The predicted octanol–water partition coefficient (Wildman–Crippen LogP) is 1.17. The third kappa shape index (κ3) is 1.39. The molecule has 0 fully saturated rings. The fourth-order valence-corrected chi connectivity index (χ4v) is 1.28. The molecular formula is C8H5N3O4. The maximum absolute atomic E-state index is 10.7. The van der Waals surface area contributed by atoms with E-state index in [0.717, 1.165) is 0 Å². The van der Waals surface area contributed by atoms with Gasteiger partial charge in [0.2, 0.25) is 0 Å². The van der Waals surface area contributed by atoms with Gasteiger partial charge in [0, 0.05) is 17.5 Å². The van der Waals surface area contributed by atoms with Crippen LogP contribution in [-0.2, 0) is 0 Å². The Kier molecular flexibility index (Phi) is 1.86. The minimum absolute atomic E-state index is 0.0695. The lowest BCUT2D eigenvalue weighted by atomic mass is 10.2. The normalized spacial score (nSPS) is 10.4. The molecule has 0 aliphatic carbocycles. The highest BCUT2D eigenvalue weighted by Gasteiger charge is 2.14. The van der Waals surface area contributed by atoms with Crippen LogP contribution in [0.25, 0.3) is 10.9 Å². The Morgan fingerprint density at radius 2 is 2.27 bits per heavy atom. The minimum atomic E-state index is -1.15. The summed E-state index contributed by atoms with van der Waals surface area (Å²) >= 11 is 0. The number of aromatic amines is 1.